The zero-order valence-corrected chi connectivity index (χ0v) is 23.2. The van der Waals surface area contributed by atoms with E-state index in [1.807, 2.05) is 70.2 Å². The van der Waals surface area contributed by atoms with Crippen LogP contribution in [-0.2, 0) is 30.4 Å². The van der Waals surface area contributed by atoms with E-state index in [-0.39, 0.29) is 24.3 Å². The lowest BCUT2D eigenvalue weighted by molar-refractivity contribution is -0.134. The lowest BCUT2D eigenvalue weighted by atomic mass is 9.94. The molecule has 9 nitrogen and oxygen atoms in total. The predicted octanol–water partition coefficient (Wildman–Crippen LogP) is 4.21. The van der Waals surface area contributed by atoms with Crippen LogP contribution in [0.4, 0.5) is 5.69 Å². The summed E-state index contributed by atoms with van der Waals surface area (Å²) < 4.78 is 0. The number of carboxylic acid groups (broad SMARTS) is 1. The number of benzene rings is 1. The van der Waals surface area contributed by atoms with E-state index < -0.39 is 5.97 Å². The molecule has 0 aromatic heterocycles. The van der Waals surface area contributed by atoms with Crippen molar-refractivity contribution in [3.8, 4) is 0 Å². The molecule has 0 spiro atoms. The molecule has 1 aliphatic rings. The first-order valence-electron chi connectivity index (χ1n) is 12.8. The van der Waals surface area contributed by atoms with E-state index >= 15 is 0 Å². The van der Waals surface area contributed by atoms with Crippen LogP contribution in [0.2, 0.25) is 0 Å². The van der Waals surface area contributed by atoms with Crippen LogP contribution in [0, 0.1) is 5.92 Å². The van der Waals surface area contributed by atoms with Crippen LogP contribution in [0.25, 0.3) is 0 Å². The Morgan fingerprint density at radius 1 is 1.08 bits per heavy atom. The average molecular weight is 530 g/mol. The Labute approximate surface area is 226 Å². The monoisotopic (exact) mass is 529 g/mol. The van der Waals surface area contributed by atoms with Crippen molar-refractivity contribution >= 4 is 36.2 Å². The van der Waals surface area contributed by atoms with Gasteiger partial charge in [0.1, 0.15) is 6.29 Å². The number of hydrogen-bond donors (Lipinski definition) is 4. The molecule has 38 heavy (non-hydrogen) atoms. The molecule has 0 fully saturated rings. The third-order valence-corrected chi connectivity index (χ3v) is 4.58. The molecule has 0 heterocycles. The molecule has 210 valence electrons. The standard InChI is InChI=1S/C13H17NO2.C12H16N2O2.C2H4O2.C2H6/c1-2-12(13(16)14-9-10-15)11-7-5-3-4-6-8-11;1-2-6-13-12(16)8-10-4-3-5-11(7-10)14-9-15;1-2(3)4;1-2/h3,5-8,10,12H,2,4,9H2,1H3,(H,14,16);3-5,7,9H,2,6,8H2,1H3,(H,13,16)(H,14,15);1H3,(H,3,4);1-2H3. The number of amides is 3. The molecule has 9 heteroatoms. The van der Waals surface area contributed by atoms with Crippen molar-refractivity contribution in [2.45, 2.75) is 60.3 Å². The average Bonchev–Trinajstić information content (AvgIpc) is 3.18. The van der Waals surface area contributed by atoms with Crippen LogP contribution in [-0.4, -0.2) is 48.7 Å². The number of anilines is 1. The number of rotatable bonds is 11. The van der Waals surface area contributed by atoms with Gasteiger partial charge < -0.3 is 25.9 Å². The number of carboxylic acids is 1. The van der Waals surface area contributed by atoms with E-state index in [9.17, 15) is 19.2 Å². The fourth-order valence-corrected chi connectivity index (χ4v) is 3.02. The van der Waals surface area contributed by atoms with E-state index in [0.29, 0.717) is 31.3 Å². The van der Waals surface area contributed by atoms with Crippen molar-refractivity contribution in [3.05, 3.63) is 65.8 Å². The van der Waals surface area contributed by atoms with Gasteiger partial charge in [0.25, 0.3) is 5.97 Å². The number of aliphatic carboxylic acids is 1. The summed E-state index contributed by atoms with van der Waals surface area (Å²) in [4.78, 5) is 52.7. The topological polar surface area (TPSA) is 142 Å². The molecular weight excluding hydrogens is 486 g/mol. The number of carbonyl (C=O) groups excluding carboxylic acids is 4. The van der Waals surface area contributed by atoms with Gasteiger partial charge in [0.05, 0.1) is 18.9 Å². The summed E-state index contributed by atoms with van der Waals surface area (Å²) in [6.45, 7) is 9.84. The highest BCUT2D eigenvalue weighted by Crippen LogP contribution is 2.19. The molecule has 0 radical (unpaired) electrons. The predicted molar refractivity (Wildman–Crippen MR) is 152 cm³/mol. The molecule has 0 bridgehead atoms. The minimum absolute atomic E-state index is 0.00473. The molecule has 4 N–H and O–H groups in total. The largest absolute Gasteiger partial charge is 0.481 e. The van der Waals surface area contributed by atoms with Crippen LogP contribution in [0.5, 0.6) is 0 Å². The number of hydrogen-bond acceptors (Lipinski definition) is 5. The van der Waals surface area contributed by atoms with Gasteiger partial charge in [-0.05, 0) is 42.5 Å². The minimum Gasteiger partial charge on any atom is -0.481 e. The summed E-state index contributed by atoms with van der Waals surface area (Å²) in [6, 6.07) is 7.25. The van der Waals surface area contributed by atoms with Crippen molar-refractivity contribution < 1.29 is 29.1 Å². The van der Waals surface area contributed by atoms with Crippen molar-refractivity contribution in [2.75, 3.05) is 18.4 Å². The third kappa shape index (κ3) is 19.2. The van der Waals surface area contributed by atoms with Crippen molar-refractivity contribution in [1.29, 1.82) is 0 Å². The highest BCUT2D eigenvalue weighted by Gasteiger charge is 2.18. The van der Waals surface area contributed by atoms with Gasteiger partial charge in [-0.2, -0.15) is 0 Å². The van der Waals surface area contributed by atoms with E-state index in [0.717, 1.165) is 37.3 Å². The van der Waals surface area contributed by atoms with Crippen LogP contribution in [0.3, 0.4) is 0 Å². The molecule has 1 aromatic rings. The normalized spacial score (nSPS) is 11.7. The molecule has 2 rings (SSSR count). The number of aldehydes is 1. The summed E-state index contributed by atoms with van der Waals surface area (Å²) >= 11 is 0. The SMILES string of the molecule is CC.CC(=O)O.CCC(C(=O)NCC=O)C1=CC=CCC=C1.CCCNC(=O)Cc1cccc(NC=O)c1. The van der Waals surface area contributed by atoms with Gasteiger partial charge in [0.2, 0.25) is 18.2 Å². The first-order valence-corrected chi connectivity index (χ1v) is 12.8. The van der Waals surface area contributed by atoms with E-state index in [1.54, 1.807) is 12.1 Å². The van der Waals surface area contributed by atoms with Crippen molar-refractivity contribution in [3.63, 3.8) is 0 Å². The lowest BCUT2D eigenvalue weighted by Crippen LogP contribution is -2.32. The Kier molecular flexibility index (Phi) is 23.5. The highest BCUT2D eigenvalue weighted by atomic mass is 16.4. The van der Waals surface area contributed by atoms with Crippen LogP contribution < -0.4 is 16.0 Å². The zero-order chi connectivity index (χ0) is 29.2. The van der Waals surface area contributed by atoms with E-state index in [4.69, 9.17) is 9.90 Å². The quantitative estimate of drug-likeness (QED) is 0.316. The summed E-state index contributed by atoms with van der Waals surface area (Å²) in [5, 5.41) is 15.4. The number of nitrogens with one attached hydrogen (secondary N) is 3. The smallest absolute Gasteiger partial charge is 0.300 e. The molecule has 3 amide bonds. The molecule has 1 unspecified atom stereocenters. The van der Waals surface area contributed by atoms with Gasteiger partial charge in [-0.15, -0.1) is 0 Å². The highest BCUT2D eigenvalue weighted by molar-refractivity contribution is 5.84. The van der Waals surface area contributed by atoms with Crippen molar-refractivity contribution in [2.24, 2.45) is 5.92 Å². The molecular formula is C29H43N3O6. The van der Waals surface area contributed by atoms with E-state index in [1.165, 1.54) is 0 Å². The first-order chi connectivity index (χ1) is 18.3. The molecule has 1 aromatic carbocycles. The number of allylic oxidation sites excluding steroid dienone is 5. The Morgan fingerprint density at radius 3 is 2.34 bits per heavy atom. The fraction of sp³-hybridized carbons (Fsp3) is 0.414. The van der Waals surface area contributed by atoms with Crippen molar-refractivity contribution in [1.82, 2.24) is 10.6 Å². The third-order valence-electron chi connectivity index (χ3n) is 4.58. The van der Waals surface area contributed by atoms with Crippen LogP contribution in [0.15, 0.2) is 60.2 Å². The van der Waals surface area contributed by atoms with Crippen LogP contribution in [0.1, 0.15) is 59.4 Å². The molecule has 0 saturated carbocycles. The second kappa shape index (κ2) is 24.7. The molecule has 0 saturated heterocycles. The van der Waals surface area contributed by atoms with Gasteiger partial charge in [0, 0.05) is 19.2 Å². The fourth-order valence-electron chi connectivity index (χ4n) is 3.02. The Hall–Kier alpha value is -4.01. The minimum atomic E-state index is -0.833. The molecule has 0 aliphatic heterocycles. The summed E-state index contributed by atoms with van der Waals surface area (Å²) in [7, 11) is 0. The summed E-state index contributed by atoms with van der Waals surface area (Å²) in [5.74, 6) is -1.08. The first kappa shape index (κ1) is 36.1. The van der Waals surface area contributed by atoms with Gasteiger partial charge in [0.15, 0.2) is 0 Å². The Morgan fingerprint density at radius 2 is 1.76 bits per heavy atom. The molecule has 1 aliphatic carbocycles. The maximum Gasteiger partial charge on any atom is 0.300 e. The summed E-state index contributed by atoms with van der Waals surface area (Å²) in [6.07, 6.45) is 14.2. The second-order valence-electron chi connectivity index (χ2n) is 7.61. The van der Waals surface area contributed by atoms with E-state index in [2.05, 4.69) is 16.0 Å². The number of carbonyl (C=O) groups is 5. The Balaban J connectivity index is 0. The van der Waals surface area contributed by atoms with Gasteiger partial charge >= 0.3 is 0 Å². The van der Waals surface area contributed by atoms with Gasteiger partial charge in [-0.3, -0.25) is 19.2 Å². The Bertz CT molecular complexity index is 934. The lowest BCUT2D eigenvalue weighted by Gasteiger charge is -2.14. The maximum atomic E-state index is 11.8. The van der Waals surface area contributed by atoms with Gasteiger partial charge in [-0.25, -0.2) is 0 Å². The second-order valence-corrected chi connectivity index (χ2v) is 7.61. The maximum absolute atomic E-state index is 11.8. The zero-order valence-electron chi connectivity index (χ0n) is 23.2. The molecule has 1 atom stereocenters. The van der Waals surface area contributed by atoms with Crippen LogP contribution >= 0.6 is 0 Å². The van der Waals surface area contributed by atoms with Gasteiger partial charge in [-0.1, -0.05) is 70.2 Å². The summed E-state index contributed by atoms with van der Waals surface area (Å²) in [5.41, 5.74) is 2.59.